The molecule has 2 atom stereocenters. The molecule has 2 fully saturated rings. The Bertz CT molecular complexity index is 1070. The third-order valence-corrected chi connectivity index (χ3v) is 8.20. The molecule has 0 radical (unpaired) electrons. The molecule has 1 saturated carbocycles. The molecule has 0 N–H and O–H groups in total. The first kappa shape index (κ1) is 21.3. The van der Waals surface area contributed by atoms with Gasteiger partial charge >= 0.3 is 0 Å². The third kappa shape index (κ3) is 4.20. The van der Waals surface area contributed by atoms with Crippen molar-refractivity contribution in [1.82, 2.24) is 9.80 Å². The van der Waals surface area contributed by atoms with Crippen LogP contribution in [0.2, 0.25) is 0 Å². The third-order valence-electron chi connectivity index (χ3n) is 6.80. The quantitative estimate of drug-likeness (QED) is 0.640. The van der Waals surface area contributed by atoms with Crippen molar-refractivity contribution < 1.29 is 14.0 Å². The monoisotopic (exact) mass is 450 g/mol. The van der Waals surface area contributed by atoms with E-state index in [2.05, 4.69) is 12.1 Å². The Morgan fingerprint density at radius 2 is 1.81 bits per heavy atom. The lowest BCUT2D eigenvalue weighted by Crippen LogP contribution is -2.55. The molecule has 0 spiro atoms. The van der Waals surface area contributed by atoms with E-state index < -0.39 is 0 Å². The number of nitrogens with zero attached hydrogens (tertiary/aromatic N) is 2. The van der Waals surface area contributed by atoms with Crippen LogP contribution in [0.25, 0.3) is 6.08 Å². The van der Waals surface area contributed by atoms with E-state index in [0.29, 0.717) is 23.6 Å². The molecule has 2 amide bonds. The Morgan fingerprint density at radius 3 is 2.66 bits per heavy atom. The minimum atomic E-state index is -0.339. The van der Waals surface area contributed by atoms with E-state index in [9.17, 15) is 14.0 Å². The van der Waals surface area contributed by atoms with Gasteiger partial charge in [-0.15, -0.1) is 11.8 Å². The van der Waals surface area contributed by atoms with Crippen molar-refractivity contribution in [3.63, 3.8) is 0 Å². The van der Waals surface area contributed by atoms with Crippen LogP contribution in [0.1, 0.15) is 42.4 Å². The first-order valence-electron chi connectivity index (χ1n) is 11.4. The summed E-state index contributed by atoms with van der Waals surface area (Å²) in [5, 5.41) is 0.259. The summed E-state index contributed by atoms with van der Waals surface area (Å²) in [6.07, 6.45) is 6.63. The molecule has 3 aliphatic rings. The first-order valence-corrected chi connectivity index (χ1v) is 12.3. The van der Waals surface area contributed by atoms with Crippen molar-refractivity contribution in [2.45, 2.75) is 49.9 Å². The molecule has 0 aromatic heterocycles. The molecule has 32 heavy (non-hydrogen) atoms. The van der Waals surface area contributed by atoms with Crippen LogP contribution in [0, 0.1) is 5.82 Å². The average molecular weight is 451 g/mol. The number of hydrogen-bond donors (Lipinski definition) is 0. The minimum absolute atomic E-state index is 0.00526. The van der Waals surface area contributed by atoms with Gasteiger partial charge in [0, 0.05) is 29.9 Å². The van der Waals surface area contributed by atoms with Gasteiger partial charge in [0.25, 0.3) is 5.91 Å². The Morgan fingerprint density at radius 1 is 1.06 bits per heavy atom. The second kappa shape index (κ2) is 9.10. The van der Waals surface area contributed by atoms with Crippen molar-refractivity contribution >= 4 is 29.7 Å². The maximum Gasteiger partial charge on any atom is 0.261 e. The van der Waals surface area contributed by atoms with E-state index in [1.165, 1.54) is 17.2 Å². The summed E-state index contributed by atoms with van der Waals surface area (Å²) in [7, 11) is 0. The van der Waals surface area contributed by atoms with Gasteiger partial charge in [-0.2, -0.15) is 0 Å². The number of thioether (sulfide) groups is 1. The fourth-order valence-electron chi connectivity index (χ4n) is 5.05. The number of benzene rings is 2. The highest BCUT2D eigenvalue weighted by molar-refractivity contribution is 8.04. The zero-order valence-corrected chi connectivity index (χ0v) is 18.8. The van der Waals surface area contributed by atoms with E-state index in [-0.39, 0.29) is 35.5 Å². The van der Waals surface area contributed by atoms with Crippen molar-refractivity contribution in [3.8, 4) is 0 Å². The molecule has 2 unspecified atom stereocenters. The van der Waals surface area contributed by atoms with Crippen LogP contribution in [-0.4, -0.2) is 46.0 Å². The SMILES string of the molecule is O=C(CN1C(=O)/C(=C/c2ccccc2F)SC2CCCCC21)N1CCc2ccccc2C1. The summed E-state index contributed by atoms with van der Waals surface area (Å²) < 4.78 is 14.2. The molecule has 5 rings (SSSR count). The smallest absolute Gasteiger partial charge is 0.261 e. The standard InChI is InChI=1S/C26H27FN2O2S/c27-21-10-4-3-8-19(21)15-24-26(31)29(22-11-5-6-12-23(22)32-24)17-25(30)28-14-13-18-7-1-2-9-20(18)16-28/h1-4,7-10,15,22-23H,5-6,11-14,16-17H2/b24-15-. The van der Waals surface area contributed by atoms with Gasteiger partial charge < -0.3 is 9.80 Å². The second-order valence-corrected chi connectivity index (χ2v) is 10.1. The van der Waals surface area contributed by atoms with Crippen LogP contribution in [0.5, 0.6) is 0 Å². The van der Waals surface area contributed by atoms with E-state index in [1.54, 1.807) is 40.9 Å². The van der Waals surface area contributed by atoms with E-state index in [1.807, 2.05) is 17.0 Å². The van der Waals surface area contributed by atoms with Crippen molar-refractivity contribution in [3.05, 3.63) is 75.9 Å². The lowest BCUT2D eigenvalue weighted by molar-refractivity contribution is -0.141. The van der Waals surface area contributed by atoms with Gasteiger partial charge in [-0.3, -0.25) is 9.59 Å². The van der Waals surface area contributed by atoms with Crippen molar-refractivity contribution in [1.29, 1.82) is 0 Å². The van der Waals surface area contributed by atoms with Gasteiger partial charge in [0.1, 0.15) is 12.4 Å². The topological polar surface area (TPSA) is 40.6 Å². The van der Waals surface area contributed by atoms with Gasteiger partial charge in [-0.05, 0) is 42.5 Å². The van der Waals surface area contributed by atoms with Gasteiger partial charge in [0.2, 0.25) is 5.91 Å². The molecule has 2 aromatic rings. The number of carbonyl (C=O) groups excluding carboxylic acids is 2. The predicted octanol–water partition coefficient (Wildman–Crippen LogP) is 4.64. The molecule has 1 saturated heterocycles. The Hall–Kier alpha value is -2.60. The zero-order chi connectivity index (χ0) is 22.1. The van der Waals surface area contributed by atoms with Gasteiger partial charge in [-0.1, -0.05) is 55.3 Å². The van der Waals surface area contributed by atoms with Gasteiger partial charge in [0.15, 0.2) is 0 Å². The number of halogens is 1. The number of fused-ring (bicyclic) bond motifs is 2. The van der Waals surface area contributed by atoms with Gasteiger partial charge in [0.05, 0.1) is 4.91 Å². The Labute approximate surface area is 192 Å². The number of rotatable bonds is 3. The molecule has 166 valence electrons. The largest absolute Gasteiger partial charge is 0.336 e. The highest BCUT2D eigenvalue weighted by Crippen LogP contribution is 2.42. The van der Waals surface area contributed by atoms with Crippen LogP contribution in [-0.2, 0) is 22.6 Å². The summed E-state index contributed by atoms with van der Waals surface area (Å²) in [4.78, 5) is 30.9. The molecular weight excluding hydrogens is 423 g/mol. The molecular formula is C26H27FN2O2S. The Kier molecular flexibility index (Phi) is 6.05. The predicted molar refractivity (Wildman–Crippen MR) is 125 cm³/mol. The normalized spacial score (nSPS) is 24.3. The van der Waals surface area contributed by atoms with E-state index in [0.717, 1.165) is 32.1 Å². The summed E-state index contributed by atoms with van der Waals surface area (Å²) in [6.45, 7) is 1.37. The van der Waals surface area contributed by atoms with Crippen molar-refractivity contribution in [2.24, 2.45) is 0 Å². The zero-order valence-electron chi connectivity index (χ0n) is 18.0. The fourth-order valence-corrected chi connectivity index (χ4v) is 6.51. The highest BCUT2D eigenvalue weighted by atomic mass is 32.2. The second-order valence-electron chi connectivity index (χ2n) is 8.81. The van der Waals surface area contributed by atoms with Crippen LogP contribution < -0.4 is 0 Å². The summed E-state index contributed by atoms with van der Waals surface area (Å²) in [5.41, 5.74) is 2.89. The summed E-state index contributed by atoms with van der Waals surface area (Å²) >= 11 is 1.56. The fraction of sp³-hybridized carbons (Fsp3) is 0.385. The van der Waals surface area contributed by atoms with Gasteiger partial charge in [-0.25, -0.2) is 4.39 Å². The lowest BCUT2D eigenvalue weighted by atomic mass is 9.93. The van der Waals surface area contributed by atoms with Crippen LogP contribution >= 0.6 is 11.8 Å². The van der Waals surface area contributed by atoms with Crippen LogP contribution in [0.15, 0.2) is 53.4 Å². The number of hydrogen-bond acceptors (Lipinski definition) is 3. The molecule has 0 bridgehead atoms. The maximum atomic E-state index is 14.2. The Balaban J connectivity index is 1.38. The molecule has 4 nitrogen and oxygen atoms in total. The van der Waals surface area contributed by atoms with E-state index in [4.69, 9.17) is 0 Å². The number of amides is 2. The lowest BCUT2D eigenvalue weighted by Gasteiger charge is -2.44. The van der Waals surface area contributed by atoms with Crippen LogP contribution in [0.3, 0.4) is 0 Å². The van der Waals surface area contributed by atoms with Crippen LogP contribution in [0.4, 0.5) is 4.39 Å². The first-order chi connectivity index (χ1) is 15.6. The van der Waals surface area contributed by atoms with Crippen molar-refractivity contribution in [2.75, 3.05) is 13.1 Å². The average Bonchev–Trinajstić information content (AvgIpc) is 2.82. The van der Waals surface area contributed by atoms with E-state index >= 15 is 0 Å². The maximum absolute atomic E-state index is 14.2. The highest BCUT2D eigenvalue weighted by Gasteiger charge is 2.41. The molecule has 2 heterocycles. The summed E-state index contributed by atoms with van der Waals surface area (Å²) in [6, 6.07) is 14.8. The number of carbonyl (C=O) groups is 2. The molecule has 1 aliphatic carbocycles. The minimum Gasteiger partial charge on any atom is -0.336 e. The molecule has 2 aromatic carbocycles. The molecule has 6 heteroatoms. The summed E-state index contributed by atoms with van der Waals surface area (Å²) in [5.74, 6) is -0.491. The molecule has 2 aliphatic heterocycles.